The van der Waals surface area contributed by atoms with Crippen LogP contribution in [0.2, 0.25) is 0 Å². The Bertz CT molecular complexity index is 186. The van der Waals surface area contributed by atoms with Crippen molar-refractivity contribution < 1.29 is 9.90 Å². The molecule has 0 radical (unpaired) electrons. The van der Waals surface area contributed by atoms with Crippen LogP contribution >= 0.6 is 11.6 Å². The topological polar surface area (TPSA) is 40.5 Å². The van der Waals surface area contributed by atoms with E-state index in [9.17, 15) is 4.79 Å². The molecule has 1 aliphatic rings. The van der Waals surface area contributed by atoms with Crippen molar-refractivity contribution >= 4 is 17.5 Å². The van der Waals surface area contributed by atoms with Crippen LogP contribution in [-0.2, 0) is 4.79 Å². The Hall–Kier alpha value is -0.280. The van der Waals surface area contributed by atoms with E-state index in [0.29, 0.717) is 18.2 Å². The quantitative estimate of drug-likeness (QED) is 0.694. The van der Waals surface area contributed by atoms with E-state index in [1.54, 1.807) is 4.90 Å². The summed E-state index contributed by atoms with van der Waals surface area (Å²) in [5.41, 5.74) is 0. The lowest BCUT2D eigenvalue weighted by Crippen LogP contribution is -2.39. The SMILES string of the molecule is CC1CCN(C(=O)CCCl)C1CO. The van der Waals surface area contributed by atoms with Gasteiger partial charge in [-0.1, -0.05) is 6.92 Å². The number of aliphatic hydroxyl groups excluding tert-OH is 1. The normalized spacial score (nSPS) is 28.1. The van der Waals surface area contributed by atoms with Gasteiger partial charge in [0.1, 0.15) is 0 Å². The Kier molecular flexibility index (Phi) is 4.00. The van der Waals surface area contributed by atoms with E-state index in [1.807, 2.05) is 0 Å². The van der Waals surface area contributed by atoms with Gasteiger partial charge in [-0.05, 0) is 12.3 Å². The van der Waals surface area contributed by atoms with Crippen LogP contribution in [0.3, 0.4) is 0 Å². The van der Waals surface area contributed by atoms with Crippen molar-refractivity contribution in [3.63, 3.8) is 0 Å². The van der Waals surface area contributed by atoms with E-state index in [2.05, 4.69) is 6.92 Å². The standard InChI is InChI=1S/C9H16ClNO2/c1-7-3-5-11(8(7)6-12)9(13)2-4-10/h7-8,12H,2-6H2,1H3. The molecule has 1 aliphatic heterocycles. The fraction of sp³-hybridized carbons (Fsp3) is 0.889. The zero-order valence-corrected chi connectivity index (χ0v) is 8.63. The average molecular weight is 206 g/mol. The molecule has 0 bridgehead atoms. The number of likely N-dealkylation sites (tertiary alicyclic amines) is 1. The van der Waals surface area contributed by atoms with Crippen LogP contribution in [0.5, 0.6) is 0 Å². The minimum Gasteiger partial charge on any atom is -0.394 e. The molecule has 1 rings (SSSR count). The molecule has 1 saturated heterocycles. The van der Waals surface area contributed by atoms with E-state index >= 15 is 0 Å². The van der Waals surface area contributed by atoms with Crippen LogP contribution in [0.1, 0.15) is 19.8 Å². The van der Waals surface area contributed by atoms with Gasteiger partial charge >= 0.3 is 0 Å². The zero-order chi connectivity index (χ0) is 9.84. The first kappa shape index (κ1) is 10.8. The van der Waals surface area contributed by atoms with Gasteiger partial charge in [0.2, 0.25) is 5.91 Å². The summed E-state index contributed by atoms with van der Waals surface area (Å²) in [6, 6.07) is 0.00992. The number of carbonyl (C=O) groups excluding carboxylic acids is 1. The maximum absolute atomic E-state index is 11.5. The first-order valence-electron chi connectivity index (χ1n) is 4.67. The van der Waals surface area contributed by atoms with Gasteiger partial charge < -0.3 is 10.0 Å². The average Bonchev–Trinajstić information content (AvgIpc) is 2.47. The number of carbonyl (C=O) groups is 1. The molecule has 13 heavy (non-hydrogen) atoms. The summed E-state index contributed by atoms with van der Waals surface area (Å²) < 4.78 is 0. The van der Waals surface area contributed by atoms with E-state index in [4.69, 9.17) is 16.7 Å². The van der Waals surface area contributed by atoms with Crippen LogP contribution in [0.4, 0.5) is 0 Å². The summed E-state index contributed by atoms with van der Waals surface area (Å²) in [6.07, 6.45) is 1.37. The second-order valence-electron chi connectivity index (χ2n) is 3.54. The van der Waals surface area contributed by atoms with Crippen molar-refractivity contribution in [2.75, 3.05) is 19.0 Å². The molecule has 1 fully saturated rings. The molecule has 0 aromatic rings. The number of rotatable bonds is 3. The molecule has 1 heterocycles. The first-order chi connectivity index (χ1) is 6.20. The number of nitrogens with zero attached hydrogens (tertiary/aromatic N) is 1. The summed E-state index contributed by atoms with van der Waals surface area (Å²) in [6.45, 7) is 2.90. The first-order valence-corrected chi connectivity index (χ1v) is 5.20. The third-order valence-electron chi connectivity index (χ3n) is 2.70. The summed E-state index contributed by atoms with van der Waals surface area (Å²) in [4.78, 5) is 13.2. The van der Waals surface area contributed by atoms with Gasteiger partial charge in [0.05, 0.1) is 12.6 Å². The molecule has 76 valence electrons. The molecule has 3 nitrogen and oxygen atoms in total. The van der Waals surface area contributed by atoms with Crippen LogP contribution in [-0.4, -0.2) is 41.0 Å². The third-order valence-corrected chi connectivity index (χ3v) is 2.89. The van der Waals surface area contributed by atoms with Crippen LogP contribution in [0.15, 0.2) is 0 Å². The number of hydrogen-bond acceptors (Lipinski definition) is 2. The predicted molar refractivity (Wildman–Crippen MR) is 51.7 cm³/mol. The Labute approximate surface area is 83.7 Å². The number of aliphatic hydroxyl groups is 1. The lowest BCUT2D eigenvalue weighted by atomic mass is 10.0. The number of alkyl halides is 1. The fourth-order valence-corrected chi connectivity index (χ4v) is 1.98. The lowest BCUT2D eigenvalue weighted by Gasteiger charge is -2.24. The lowest BCUT2D eigenvalue weighted by molar-refractivity contribution is -0.132. The summed E-state index contributed by atoms with van der Waals surface area (Å²) >= 11 is 5.49. The highest BCUT2D eigenvalue weighted by Gasteiger charge is 2.33. The molecule has 0 spiro atoms. The van der Waals surface area contributed by atoms with Gasteiger partial charge in [0.25, 0.3) is 0 Å². The fourth-order valence-electron chi connectivity index (χ4n) is 1.82. The number of halogens is 1. The highest BCUT2D eigenvalue weighted by atomic mass is 35.5. The van der Waals surface area contributed by atoms with Crippen molar-refractivity contribution in [3.05, 3.63) is 0 Å². The molecule has 1 N–H and O–H groups in total. The van der Waals surface area contributed by atoms with Gasteiger partial charge in [0, 0.05) is 18.8 Å². The number of amides is 1. The third kappa shape index (κ3) is 2.35. The predicted octanol–water partition coefficient (Wildman–Crippen LogP) is 0.845. The highest BCUT2D eigenvalue weighted by molar-refractivity contribution is 6.18. The van der Waals surface area contributed by atoms with E-state index in [1.165, 1.54) is 0 Å². The maximum atomic E-state index is 11.5. The summed E-state index contributed by atoms with van der Waals surface area (Å²) in [7, 11) is 0. The molecule has 0 aromatic carbocycles. The molecule has 0 saturated carbocycles. The molecule has 0 aromatic heterocycles. The van der Waals surface area contributed by atoms with E-state index < -0.39 is 0 Å². The molecule has 2 atom stereocenters. The van der Waals surface area contributed by atoms with Crippen molar-refractivity contribution in [1.29, 1.82) is 0 Å². The van der Waals surface area contributed by atoms with E-state index in [0.717, 1.165) is 13.0 Å². The second-order valence-corrected chi connectivity index (χ2v) is 3.92. The minimum absolute atomic E-state index is 0.00992. The van der Waals surface area contributed by atoms with Gasteiger partial charge in [-0.3, -0.25) is 4.79 Å². The zero-order valence-electron chi connectivity index (χ0n) is 7.87. The smallest absolute Gasteiger partial charge is 0.224 e. The van der Waals surface area contributed by atoms with Crippen LogP contribution in [0, 0.1) is 5.92 Å². The molecular weight excluding hydrogens is 190 g/mol. The Morgan fingerprint density at radius 3 is 2.92 bits per heavy atom. The number of hydrogen-bond donors (Lipinski definition) is 1. The molecule has 2 unspecified atom stereocenters. The molecule has 1 amide bonds. The van der Waals surface area contributed by atoms with Gasteiger partial charge in [-0.25, -0.2) is 0 Å². The summed E-state index contributed by atoms with van der Waals surface area (Å²) in [5, 5.41) is 9.10. The molecule has 0 aliphatic carbocycles. The van der Waals surface area contributed by atoms with Crippen molar-refractivity contribution in [1.82, 2.24) is 4.90 Å². The van der Waals surface area contributed by atoms with Crippen molar-refractivity contribution in [2.24, 2.45) is 5.92 Å². The molecule has 4 heteroatoms. The Morgan fingerprint density at radius 2 is 2.38 bits per heavy atom. The summed E-state index contributed by atoms with van der Waals surface area (Å²) in [5.74, 6) is 0.838. The van der Waals surface area contributed by atoms with Gasteiger partial charge in [-0.15, -0.1) is 11.6 Å². The maximum Gasteiger partial charge on any atom is 0.224 e. The van der Waals surface area contributed by atoms with Crippen molar-refractivity contribution in [2.45, 2.75) is 25.8 Å². The van der Waals surface area contributed by atoms with Gasteiger partial charge in [0.15, 0.2) is 0 Å². The van der Waals surface area contributed by atoms with Crippen molar-refractivity contribution in [3.8, 4) is 0 Å². The highest BCUT2D eigenvalue weighted by Crippen LogP contribution is 2.23. The largest absolute Gasteiger partial charge is 0.394 e. The minimum atomic E-state index is 0.00992. The Balaban J connectivity index is 2.54. The second kappa shape index (κ2) is 4.82. The molecular formula is C9H16ClNO2. The van der Waals surface area contributed by atoms with Crippen LogP contribution < -0.4 is 0 Å². The Morgan fingerprint density at radius 1 is 1.69 bits per heavy atom. The monoisotopic (exact) mass is 205 g/mol. The van der Waals surface area contributed by atoms with Gasteiger partial charge in [-0.2, -0.15) is 0 Å². The van der Waals surface area contributed by atoms with E-state index in [-0.39, 0.29) is 18.6 Å². The van der Waals surface area contributed by atoms with Crippen LogP contribution in [0.25, 0.3) is 0 Å².